The second kappa shape index (κ2) is 5.88. The third-order valence-corrected chi connectivity index (χ3v) is 2.52. The lowest BCUT2D eigenvalue weighted by molar-refractivity contribution is -0.130. The molecule has 0 saturated heterocycles. The molecule has 0 saturated carbocycles. The maximum atomic E-state index is 10.9. The summed E-state index contributed by atoms with van der Waals surface area (Å²) in [4.78, 5) is 10.9. The Hall–Kier alpha value is -0.870. The highest BCUT2D eigenvalue weighted by molar-refractivity contribution is 9.10. The molecule has 0 fully saturated rings. The zero-order valence-electron chi connectivity index (χ0n) is 8.57. The summed E-state index contributed by atoms with van der Waals surface area (Å²) in [6.07, 6.45) is 0.104. The molecule has 1 unspecified atom stereocenters. The van der Waals surface area contributed by atoms with Crippen molar-refractivity contribution in [2.45, 2.75) is 26.1 Å². The molecular weight excluding hydrogens is 258 g/mol. The van der Waals surface area contributed by atoms with Gasteiger partial charge in [-0.15, -0.1) is 0 Å². The molecule has 0 bridgehead atoms. The Morgan fingerprint density at radius 2 is 2.33 bits per heavy atom. The van der Waals surface area contributed by atoms with Crippen LogP contribution in [-0.4, -0.2) is 12.0 Å². The maximum Gasteiger partial charge on any atom is 0.246 e. The van der Waals surface area contributed by atoms with E-state index in [0.29, 0.717) is 13.0 Å². The van der Waals surface area contributed by atoms with E-state index < -0.39 is 12.0 Å². The molecule has 1 aromatic carbocycles. The molecular formula is C11H14BrNO2. The molecule has 82 valence electrons. The first-order chi connectivity index (χ1) is 7.13. The first-order valence-electron chi connectivity index (χ1n) is 4.79. The Morgan fingerprint density at radius 1 is 1.60 bits per heavy atom. The SMILES string of the molecule is CCC(OCc1cccc(Br)c1)C(N)=O. The van der Waals surface area contributed by atoms with Gasteiger partial charge in [0.05, 0.1) is 6.61 Å². The molecule has 0 radical (unpaired) electrons. The summed E-state index contributed by atoms with van der Waals surface area (Å²) >= 11 is 3.37. The number of hydrogen-bond acceptors (Lipinski definition) is 2. The molecule has 0 aliphatic heterocycles. The monoisotopic (exact) mass is 271 g/mol. The number of hydrogen-bond donors (Lipinski definition) is 1. The Kier molecular flexibility index (Phi) is 4.78. The Labute approximate surface area is 97.7 Å². The second-order valence-electron chi connectivity index (χ2n) is 3.24. The van der Waals surface area contributed by atoms with E-state index in [1.807, 2.05) is 31.2 Å². The molecule has 4 heteroatoms. The van der Waals surface area contributed by atoms with Crippen LogP contribution < -0.4 is 5.73 Å². The Morgan fingerprint density at radius 3 is 2.87 bits per heavy atom. The molecule has 0 aliphatic rings. The van der Waals surface area contributed by atoms with Gasteiger partial charge in [0, 0.05) is 4.47 Å². The van der Waals surface area contributed by atoms with Crippen LogP contribution in [-0.2, 0) is 16.1 Å². The summed E-state index contributed by atoms with van der Waals surface area (Å²) in [5, 5.41) is 0. The van der Waals surface area contributed by atoms with Crippen molar-refractivity contribution in [3.63, 3.8) is 0 Å². The van der Waals surface area contributed by atoms with E-state index in [2.05, 4.69) is 15.9 Å². The minimum atomic E-state index is -0.496. The lowest BCUT2D eigenvalue weighted by atomic mass is 10.2. The number of rotatable bonds is 5. The minimum absolute atomic E-state index is 0.404. The number of amides is 1. The van der Waals surface area contributed by atoms with E-state index in [4.69, 9.17) is 10.5 Å². The summed E-state index contributed by atoms with van der Waals surface area (Å²) in [5.41, 5.74) is 6.19. The van der Waals surface area contributed by atoms with Crippen LogP contribution in [0.5, 0.6) is 0 Å². The zero-order valence-corrected chi connectivity index (χ0v) is 10.2. The fourth-order valence-electron chi connectivity index (χ4n) is 1.22. The van der Waals surface area contributed by atoms with Gasteiger partial charge in [0.25, 0.3) is 0 Å². The van der Waals surface area contributed by atoms with Crippen molar-refractivity contribution in [1.29, 1.82) is 0 Å². The van der Waals surface area contributed by atoms with Gasteiger partial charge in [0.15, 0.2) is 0 Å². The van der Waals surface area contributed by atoms with Crippen LogP contribution in [0.25, 0.3) is 0 Å². The van der Waals surface area contributed by atoms with E-state index in [9.17, 15) is 4.79 Å². The fraction of sp³-hybridized carbons (Fsp3) is 0.364. The van der Waals surface area contributed by atoms with Crippen LogP contribution in [0.15, 0.2) is 28.7 Å². The van der Waals surface area contributed by atoms with Gasteiger partial charge in [0.2, 0.25) is 5.91 Å². The van der Waals surface area contributed by atoms with Crippen molar-refractivity contribution in [2.75, 3.05) is 0 Å². The maximum absolute atomic E-state index is 10.9. The van der Waals surface area contributed by atoms with Crippen LogP contribution >= 0.6 is 15.9 Å². The number of nitrogens with two attached hydrogens (primary N) is 1. The smallest absolute Gasteiger partial charge is 0.246 e. The predicted octanol–water partition coefficient (Wildman–Crippen LogP) is 2.23. The van der Waals surface area contributed by atoms with Crippen LogP contribution in [0.1, 0.15) is 18.9 Å². The molecule has 0 aromatic heterocycles. The van der Waals surface area contributed by atoms with Gasteiger partial charge in [-0.2, -0.15) is 0 Å². The summed E-state index contributed by atoms with van der Waals surface area (Å²) < 4.78 is 6.39. The molecule has 2 N–H and O–H groups in total. The lowest BCUT2D eigenvalue weighted by Gasteiger charge is -2.12. The topological polar surface area (TPSA) is 52.3 Å². The number of halogens is 1. The summed E-state index contributed by atoms with van der Waals surface area (Å²) in [7, 11) is 0. The van der Waals surface area contributed by atoms with Crippen molar-refractivity contribution >= 4 is 21.8 Å². The average molecular weight is 272 g/mol. The van der Waals surface area contributed by atoms with Crippen molar-refractivity contribution in [2.24, 2.45) is 5.73 Å². The Bertz CT molecular complexity index is 341. The molecule has 1 aromatic rings. The number of ether oxygens (including phenoxy) is 1. The Balaban J connectivity index is 2.52. The predicted molar refractivity (Wildman–Crippen MR) is 62.2 cm³/mol. The highest BCUT2D eigenvalue weighted by atomic mass is 79.9. The normalized spacial score (nSPS) is 12.4. The minimum Gasteiger partial charge on any atom is -0.367 e. The standard InChI is InChI=1S/C11H14BrNO2/c1-2-10(11(13)14)15-7-8-4-3-5-9(12)6-8/h3-6,10H,2,7H2,1H3,(H2,13,14). The first kappa shape index (κ1) is 12.2. The van der Waals surface area contributed by atoms with E-state index in [1.54, 1.807) is 0 Å². The highest BCUT2D eigenvalue weighted by Gasteiger charge is 2.12. The molecule has 1 rings (SSSR count). The molecule has 0 spiro atoms. The molecule has 15 heavy (non-hydrogen) atoms. The van der Waals surface area contributed by atoms with Gasteiger partial charge in [-0.25, -0.2) is 0 Å². The fourth-order valence-corrected chi connectivity index (χ4v) is 1.67. The number of primary amides is 1. The summed E-state index contributed by atoms with van der Waals surface area (Å²) in [5.74, 6) is -0.410. The van der Waals surface area contributed by atoms with Crippen molar-refractivity contribution in [3.05, 3.63) is 34.3 Å². The largest absolute Gasteiger partial charge is 0.367 e. The highest BCUT2D eigenvalue weighted by Crippen LogP contribution is 2.13. The van der Waals surface area contributed by atoms with Crippen molar-refractivity contribution in [1.82, 2.24) is 0 Å². The zero-order chi connectivity index (χ0) is 11.3. The summed E-state index contributed by atoms with van der Waals surface area (Å²) in [6.45, 7) is 2.28. The molecule has 0 aliphatic carbocycles. The number of benzene rings is 1. The first-order valence-corrected chi connectivity index (χ1v) is 5.58. The average Bonchev–Trinajstić information content (AvgIpc) is 2.18. The van der Waals surface area contributed by atoms with Gasteiger partial charge in [-0.1, -0.05) is 35.0 Å². The van der Waals surface area contributed by atoms with Gasteiger partial charge in [-0.3, -0.25) is 4.79 Å². The van der Waals surface area contributed by atoms with E-state index in [0.717, 1.165) is 10.0 Å². The van der Waals surface area contributed by atoms with E-state index in [1.165, 1.54) is 0 Å². The third kappa shape index (κ3) is 4.01. The van der Waals surface area contributed by atoms with Crippen molar-refractivity contribution in [3.8, 4) is 0 Å². The van der Waals surface area contributed by atoms with Crippen LogP contribution in [0.3, 0.4) is 0 Å². The van der Waals surface area contributed by atoms with Crippen molar-refractivity contribution < 1.29 is 9.53 Å². The molecule has 0 heterocycles. The van der Waals surface area contributed by atoms with Gasteiger partial charge < -0.3 is 10.5 Å². The lowest BCUT2D eigenvalue weighted by Crippen LogP contribution is -2.30. The third-order valence-electron chi connectivity index (χ3n) is 2.03. The van der Waals surface area contributed by atoms with Gasteiger partial charge >= 0.3 is 0 Å². The molecule has 1 amide bonds. The van der Waals surface area contributed by atoms with Crippen LogP contribution in [0.4, 0.5) is 0 Å². The van der Waals surface area contributed by atoms with Gasteiger partial charge in [-0.05, 0) is 24.1 Å². The second-order valence-corrected chi connectivity index (χ2v) is 4.16. The van der Waals surface area contributed by atoms with Crippen LogP contribution in [0, 0.1) is 0 Å². The number of carbonyl (C=O) groups is 1. The van der Waals surface area contributed by atoms with Gasteiger partial charge in [0.1, 0.15) is 6.10 Å². The van der Waals surface area contributed by atoms with Crippen LogP contribution in [0.2, 0.25) is 0 Å². The van der Waals surface area contributed by atoms with E-state index in [-0.39, 0.29) is 0 Å². The van der Waals surface area contributed by atoms with E-state index >= 15 is 0 Å². The molecule has 3 nitrogen and oxygen atoms in total. The number of carbonyl (C=O) groups excluding carboxylic acids is 1. The summed E-state index contributed by atoms with van der Waals surface area (Å²) in [6, 6.07) is 7.76. The quantitative estimate of drug-likeness (QED) is 0.893. The molecule has 1 atom stereocenters.